The number of halogens is 2. The van der Waals surface area contributed by atoms with Crippen LogP contribution in [0.5, 0.6) is 5.75 Å². The van der Waals surface area contributed by atoms with Crippen LogP contribution in [0.2, 0.25) is 0 Å². The maximum Gasteiger partial charge on any atom is 0.338 e. The third kappa shape index (κ3) is 7.41. The molecule has 0 heterocycles. The molecule has 11 heteroatoms. The van der Waals surface area contributed by atoms with Gasteiger partial charge in [0.2, 0.25) is 0 Å². The lowest BCUT2D eigenvalue weighted by Gasteiger charge is -2.14. The second-order valence-corrected chi connectivity index (χ2v) is 10.3. The fraction of sp³-hybridized carbons (Fsp3) is 0.103. The van der Waals surface area contributed by atoms with Crippen molar-refractivity contribution in [3.63, 3.8) is 0 Å². The van der Waals surface area contributed by atoms with Crippen LogP contribution in [0, 0.1) is 11.6 Å². The van der Waals surface area contributed by atoms with Crippen molar-refractivity contribution >= 4 is 33.3 Å². The molecular weight excluding hydrogens is 542 g/mol. The quantitative estimate of drug-likeness (QED) is 0.244. The summed E-state index contributed by atoms with van der Waals surface area (Å²) in [4.78, 5) is 24.5. The Bertz CT molecular complexity index is 1600. The Labute approximate surface area is 229 Å². The molecule has 0 aromatic heterocycles. The number of nitrogens with one attached hydrogen (secondary N) is 2. The molecule has 0 saturated heterocycles. The summed E-state index contributed by atoms with van der Waals surface area (Å²) in [6.07, 6.45) is -1.13. The smallest absolute Gasteiger partial charge is 0.338 e. The number of carbonyl (C=O) groups excluding carboxylic acids is 2. The van der Waals surface area contributed by atoms with Gasteiger partial charge in [0.1, 0.15) is 12.4 Å². The molecule has 0 aliphatic heterocycles. The monoisotopic (exact) mass is 566 g/mol. The molecule has 0 aliphatic rings. The van der Waals surface area contributed by atoms with Gasteiger partial charge in [-0.15, -0.1) is 0 Å². The zero-order valence-electron chi connectivity index (χ0n) is 21.1. The average Bonchev–Trinajstić information content (AvgIpc) is 2.94. The van der Waals surface area contributed by atoms with Crippen molar-refractivity contribution in [2.45, 2.75) is 24.5 Å². The Morgan fingerprint density at radius 3 is 2.12 bits per heavy atom. The van der Waals surface area contributed by atoms with E-state index in [9.17, 15) is 26.8 Å². The molecular formula is C29H24F2N2O6S. The van der Waals surface area contributed by atoms with Crippen LogP contribution < -0.4 is 14.8 Å². The van der Waals surface area contributed by atoms with Crippen LogP contribution in [0.3, 0.4) is 0 Å². The third-order valence-corrected chi connectivity index (χ3v) is 6.98. The van der Waals surface area contributed by atoms with E-state index in [4.69, 9.17) is 9.47 Å². The molecule has 8 nitrogen and oxygen atoms in total. The van der Waals surface area contributed by atoms with Crippen molar-refractivity contribution in [1.82, 2.24) is 0 Å². The number of carbonyl (C=O) groups is 2. The van der Waals surface area contributed by atoms with Gasteiger partial charge in [-0.2, -0.15) is 0 Å². The van der Waals surface area contributed by atoms with E-state index < -0.39 is 44.5 Å². The first-order valence-corrected chi connectivity index (χ1v) is 13.5. The largest absolute Gasteiger partial charge is 0.489 e. The fourth-order valence-electron chi connectivity index (χ4n) is 3.43. The number of benzene rings is 4. The van der Waals surface area contributed by atoms with E-state index in [2.05, 4.69) is 10.0 Å². The highest BCUT2D eigenvalue weighted by molar-refractivity contribution is 7.92. The summed E-state index contributed by atoms with van der Waals surface area (Å²) >= 11 is 0. The predicted octanol–water partition coefficient (Wildman–Crippen LogP) is 5.53. The number of esters is 1. The maximum atomic E-state index is 13.4. The van der Waals surface area contributed by atoms with Crippen molar-refractivity contribution in [2.24, 2.45) is 0 Å². The van der Waals surface area contributed by atoms with Gasteiger partial charge in [0.25, 0.3) is 15.9 Å². The summed E-state index contributed by atoms with van der Waals surface area (Å²) in [5, 5.41) is 2.66. The lowest BCUT2D eigenvalue weighted by Crippen LogP contribution is -2.30. The van der Waals surface area contributed by atoms with Gasteiger partial charge in [-0.05, 0) is 79.2 Å². The molecule has 4 aromatic rings. The van der Waals surface area contributed by atoms with Gasteiger partial charge in [-0.25, -0.2) is 22.0 Å². The van der Waals surface area contributed by atoms with Crippen molar-refractivity contribution in [3.8, 4) is 5.75 Å². The van der Waals surface area contributed by atoms with Crippen LogP contribution in [0.15, 0.2) is 102 Å². The molecule has 4 aromatic carbocycles. The third-order valence-electron chi connectivity index (χ3n) is 5.60. The molecule has 2 N–H and O–H groups in total. The van der Waals surface area contributed by atoms with Crippen LogP contribution in [0.25, 0.3) is 0 Å². The molecule has 40 heavy (non-hydrogen) atoms. The molecule has 0 bridgehead atoms. The van der Waals surface area contributed by atoms with Gasteiger partial charge in [0.15, 0.2) is 17.7 Å². The van der Waals surface area contributed by atoms with E-state index in [1.54, 1.807) is 24.3 Å². The topological polar surface area (TPSA) is 111 Å². The molecule has 1 amide bonds. The number of rotatable bonds is 10. The minimum atomic E-state index is -4.20. The average molecular weight is 567 g/mol. The van der Waals surface area contributed by atoms with Crippen LogP contribution in [0.4, 0.5) is 20.2 Å². The summed E-state index contributed by atoms with van der Waals surface area (Å²) in [7, 11) is -4.20. The number of ether oxygens (including phenoxy) is 2. The second kappa shape index (κ2) is 12.4. The van der Waals surface area contributed by atoms with Crippen LogP contribution >= 0.6 is 0 Å². The van der Waals surface area contributed by atoms with Crippen molar-refractivity contribution in [1.29, 1.82) is 0 Å². The minimum Gasteiger partial charge on any atom is -0.489 e. The Morgan fingerprint density at radius 1 is 0.825 bits per heavy atom. The first-order chi connectivity index (χ1) is 19.1. The first-order valence-electron chi connectivity index (χ1n) is 12.0. The van der Waals surface area contributed by atoms with E-state index in [0.717, 1.165) is 11.6 Å². The van der Waals surface area contributed by atoms with Gasteiger partial charge in [-0.3, -0.25) is 9.52 Å². The van der Waals surface area contributed by atoms with Crippen LogP contribution in [0.1, 0.15) is 22.8 Å². The summed E-state index contributed by atoms with van der Waals surface area (Å²) in [5.41, 5.74) is 1.64. The molecule has 0 saturated carbocycles. The number of anilines is 2. The fourth-order valence-corrected chi connectivity index (χ4v) is 4.50. The van der Waals surface area contributed by atoms with E-state index in [-0.39, 0.29) is 11.3 Å². The first kappa shape index (κ1) is 28.2. The van der Waals surface area contributed by atoms with Crippen molar-refractivity contribution in [2.75, 3.05) is 10.0 Å². The summed E-state index contributed by atoms with van der Waals surface area (Å²) < 4.78 is 64.5. The van der Waals surface area contributed by atoms with Crippen molar-refractivity contribution < 1.29 is 36.3 Å². The van der Waals surface area contributed by atoms with Gasteiger partial charge in [0.05, 0.1) is 10.5 Å². The SMILES string of the molecule is C[C@@H](OC(=O)c1ccc(NS(=O)(=O)c2ccc(F)c(F)c2)cc1)C(=O)Nc1ccc(OCc2ccccc2)cc1. The van der Waals surface area contributed by atoms with E-state index in [0.29, 0.717) is 30.2 Å². The second-order valence-electron chi connectivity index (χ2n) is 8.59. The maximum absolute atomic E-state index is 13.4. The Balaban J connectivity index is 1.28. The standard InChI is InChI=1S/C29H24F2N2O6S/c1-19(28(34)32-22-11-13-24(14-12-22)38-18-20-5-3-2-4-6-20)39-29(35)21-7-9-23(10-8-21)33-40(36,37)25-15-16-26(30)27(31)17-25/h2-17,19,33H,18H2,1H3,(H,32,34)/t19-/m1/s1. The molecule has 206 valence electrons. The van der Waals surface area contributed by atoms with Crippen LogP contribution in [-0.2, 0) is 26.2 Å². The summed E-state index contributed by atoms with van der Waals surface area (Å²) in [6, 6.07) is 23.8. The van der Waals surface area contributed by atoms with Crippen molar-refractivity contribution in [3.05, 3.63) is 120 Å². The number of amides is 1. The van der Waals surface area contributed by atoms with Gasteiger partial charge >= 0.3 is 5.97 Å². The Hall–Kier alpha value is -4.77. The molecule has 1 atom stereocenters. The minimum absolute atomic E-state index is 0.0651. The molecule has 0 aliphatic carbocycles. The van der Waals surface area contributed by atoms with Gasteiger partial charge in [-0.1, -0.05) is 30.3 Å². The number of sulfonamides is 1. The zero-order chi connectivity index (χ0) is 28.7. The number of hydrogen-bond acceptors (Lipinski definition) is 6. The summed E-state index contributed by atoms with van der Waals surface area (Å²) in [6.45, 7) is 1.81. The molecule has 0 radical (unpaired) electrons. The molecule has 0 unspecified atom stereocenters. The highest BCUT2D eigenvalue weighted by Gasteiger charge is 2.20. The zero-order valence-corrected chi connectivity index (χ0v) is 22.0. The van der Waals surface area contributed by atoms with E-state index >= 15 is 0 Å². The molecule has 4 rings (SSSR count). The van der Waals surface area contributed by atoms with Gasteiger partial charge < -0.3 is 14.8 Å². The highest BCUT2D eigenvalue weighted by atomic mass is 32.2. The van der Waals surface area contributed by atoms with Crippen LogP contribution in [-0.4, -0.2) is 26.4 Å². The van der Waals surface area contributed by atoms with E-state index in [1.165, 1.54) is 31.2 Å². The summed E-state index contributed by atoms with van der Waals surface area (Å²) in [5.74, 6) is -3.21. The van der Waals surface area contributed by atoms with E-state index in [1.807, 2.05) is 30.3 Å². The number of hydrogen-bond donors (Lipinski definition) is 2. The Morgan fingerprint density at radius 2 is 1.48 bits per heavy atom. The normalized spacial score (nSPS) is 11.8. The lowest BCUT2D eigenvalue weighted by atomic mass is 10.2. The highest BCUT2D eigenvalue weighted by Crippen LogP contribution is 2.20. The molecule has 0 fully saturated rings. The van der Waals surface area contributed by atoms with Gasteiger partial charge in [0, 0.05) is 11.4 Å². The Kier molecular flexibility index (Phi) is 8.75. The lowest BCUT2D eigenvalue weighted by molar-refractivity contribution is -0.123. The predicted molar refractivity (Wildman–Crippen MR) is 144 cm³/mol. The molecule has 0 spiro atoms.